The van der Waals surface area contributed by atoms with Crippen LogP contribution in [0.4, 0.5) is 0 Å². The predicted octanol–water partition coefficient (Wildman–Crippen LogP) is 3.28. The molecule has 0 aliphatic rings. The zero-order valence-electron chi connectivity index (χ0n) is 10.4. The molecule has 2 rings (SSSR count). The van der Waals surface area contributed by atoms with Crippen LogP contribution in [0.25, 0.3) is 0 Å². The van der Waals surface area contributed by atoms with Gasteiger partial charge in [0.2, 0.25) is 0 Å². The van der Waals surface area contributed by atoms with Crippen LogP contribution >= 0.6 is 27.3 Å². The van der Waals surface area contributed by atoms with Crippen molar-refractivity contribution in [2.24, 2.45) is 0 Å². The van der Waals surface area contributed by atoms with E-state index in [0.717, 1.165) is 15.6 Å². The van der Waals surface area contributed by atoms with Gasteiger partial charge in [-0.2, -0.15) is 11.3 Å². The minimum Gasteiger partial charge on any atom is -0.387 e. The Hall–Kier alpha value is -1.17. The lowest BCUT2D eigenvalue weighted by molar-refractivity contribution is 0.0915. The van der Waals surface area contributed by atoms with Gasteiger partial charge in [-0.3, -0.25) is 4.79 Å². The largest absolute Gasteiger partial charge is 0.387 e. The Labute approximate surface area is 124 Å². The van der Waals surface area contributed by atoms with Crippen molar-refractivity contribution >= 4 is 33.2 Å². The zero-order valence-corrected chi connectivity index (χ0v) is 12.8. The molecule has 0 saturated heterocycles. The summed E-state index contributed by atoms with van der Waals surface area (Å²) in [5.74, 6) is -0.190. The highest BCUT2D eigenvalue weighted by molar-refractivity contribution is 9.10. The number of carbonyl (C=O) groups is 1. The van der Waals surface area contributed by atoms with Crippen molar-refractivity contribution in [3.63, 3.8) is 0 Å². The van der Waals surface area contributed by atoms with Crippen LogP contribution in [0, 0.1) is 6.92 Å². The average Bonchev–Trinajstić information content (AvgIpc) is 2.93. The molecule has 3 nitrogen and oxygen atoms in total. The topological polar surface area (TPSA) is 49.3 Å². The number of thiophene rings is 1. The fourth-order valence-electron chi connectivity index (χ4n) is 1.69. The molecule has 0 radical (unpaired) electrons. The molecule has 0 saturated carbocycles. The van der Waals surface area contributed by atoms with Crippen molar-refractivity contribution in [3.05, 3.63) is 56.2 Å². The van der Waals surface area contributed by atoms with Gasteiger partial charge in [-0.15, -0.1) is 0 Å². The molecular formula is C14H14BrNO2S. The smallest absolute Gasteiger partial charge is 0.252 e. The van der Waals surface area contributed by atoms with Crippen LogP contribution in [-0.4, -0.2) is 17.6 Å². The average molecular weight is 340 g/mol. The SMILES string of the molecule is Cc1cccc(C(=O)NCC(O)c2ccsc2)c1Br. The van der Waals surface area contributed by atoms with Crippen molar-refractivity contribution in [1.82, 2.24) is 5.32 Å². The first-order valence-corrected chi connectivity index (χ1v) is 7.56. The third-order valence-corrected chi connectivity index (χ3v) is 4.57. The van der Waals surface area contributed by atoms with Crippen molar-refractivity contribution < 1.29 is 9.90 Å². The van der Waals surface area contributed by atoms with Gasteiger partial charge in [0.1, 0.15) is 0 Å². The number of hydrogen-bond donors (Lipinski definition) is 2. The number of carbonyl (C=O) groups excluding carboxylic acids is 1. The number of hydrogen-bond acceptors (Lipinski definition) is 3. The first-order chi connectivity index (χ1) is 9.09. The summed E-state index contributed by atoms with van der Waals surface area (Å²) >= 11 is 4.93. The van der Waals surface area contributed by atoms with Gasteiger partial charge in [0.15, 0.2) is 0 Å². The number of aliphatic hydroxyl groups excluding tert-OH is 1. The number of amides is 1. The number of aliphatic hydroxyl groups is 1. The number of halogens is 1. The molecule has 1 amide bonds. The lowest BCUT2D eigenvalue weighted by Gasteiger charge is -2.12. The number of benzene rings is 1. The summed E-state index contributed by atoms with van der Waals surface area (Å²) in [6.45, 7) is 2.14. The van der Waals surface area contributed by atoms with E-state index < -0.39 is 6.10 Å². The van der Waals surface area contributed by atoms with Gasteiger partial charge < -0.3 is 10.4 Å². The second-order valence-electron chi connectivity index (χ2n) is 4.22. The Morgan fingerprint density at radius 2 is 2.26 bits per heavy atom. The third kappa shape index (κ3) is 3.43. The van der Waals surface area contributed by atoms with Crippen molar-refractivity contribution in [3.8, 4) is 0 Å². The van der Waals surface area contributed by atoms with Crippen LogP contribution in [-0.2, 0) is 0 Å². The van der Waals surface area contributed by atoms with Gasteiger partial charge in [-0.1, -0.05) is 12.1 Å². The van der Waals surface area contributed by atoms with Gasteiger partial charge in [0, 0.05) is 11.0 Å². The summed E-state index contributed by atoms with van der Waals surface area (Å²) in [5.41, 5.74) is 2.41. The zero-order chi connectivity index (χ0) is 13.8. The first-order valence-electron chi connectivity index (χ1n) is 5.83. The molecule has 1 aromatic heterocycles. The monoisotopic (exact) mass is 339 g/mol. The van der Waals surface area contributed by atoms with Gasteiger partial charge in [0.25, 0.3) is 5.91 Å². The molecule has 0 bridgehead atoms. The minimum absolute atomic E-state index is 0.190. The van der Waals surface area contributed by atoms with Crippen LogP contribution in [0.5, 0.6) is 0 Å². The van der Waals surface area contributed by atoms with E-state index in [1.54, 1.807) is 6.07 Å². The minimum atomic E-state index is -0.668. The van der Waals surface area contributed by atoms with E-state index in [0.29, 0.717) is 5.56 Å². The van der Waals surface area contributed by atoms with E-state index >= 15 is 0 Å². The maximum absolute atomic E-state index is 12.0. The Bertz CT molecular complexity index is 569. The van der Waals surface area contributed by atoms with Gasteiger partial charge in [-0.05, 0) is 56.9 Å². The normalized spacial score (nSPS) is 12.2. The third-order valence-electron chi connectivity index (χ3n) is 2.82. The summed E-state index contributed by atoms with van der Waals surface area (Å²) in [6.07, 6.45) is -0.668. The fraction of sp³-hybridized carbons (Fsp3) is 0.214. The van der Waals surface area contributed by atoms with Gasteiger partial charge in [-0.25, -0.2) is 0 Å². The molecule has 0 fully saturated rings. The van der Waals surface area contributed by atoms with E-state index in [9.17, 15) is 9.90 Å². The van der Waals surface area contributed by atoms with E-state index in [2.05, 4.69) is 21.2 Å². The summed E-state index contributed by atoms with van der Waals surface area (Å²) in [4.78, 5) is 12.0. The maximum Gasteiger partial charge on any atom is 0.252 e. The molecule has 100 valence electrons. The van der Waals surface area contributed by atoms with Crippen molar-refractivity contribution in [1.29, 1.82) is 0 Å². The molecule has 1 heterocycles. The number of aryl methyl sites for hydroxylation is 1. The van der Waals surface area contributed by atoms with Crippen LogP contribution in [0.3, 0.4) is 0 Å². The Morgan fingerprint density at radius 1 is 1.47 bits per heavy atom. The molecule has 5 heteroatoms. The molecule has 2 N–H and O–H groups in total. The summed E-state index contributed by atoms with van der Waals surface area (Å²) in [6, 6.07) is 7.37. The molecule has 1 aromatic carbocycles. The van der Waals surface area contributed by atoms with Crippen LogP contribution in [0.1, 0.15) is 27.6 Å². The number of nitrogens with one attached hydrogen (secondary N) is 1. The Morgan fingerprint density at radius 3 is 2.95 bits per heavy atom. The van der Waals surface area contributed by atoms with Crippen LogP contribution in [0.15, 0.2) is 39.5 Å². The van der Waals surface area contributed by atoms with E-state index in [-0.39, 0.29) is 12.5 Å². The van der Waals surface area contributed by atoms with Crippen molar-refractivity contribution in [2.75, 3.05) is 6.54 Å². The van der Waals surface area contributed by atoms with Gasteiger partial charge in [0.05, 0.1) is 11.7 Å². The quantitative estimate of drug-likeness (QED) is 0.897. The highest BCUT2D eigenvalue weighted by atomic mass is 79.9. The Balaban J connectivity index is 2.00. The standard InChI is InChI=1S/C14H14BrNO2S/c1-9-3-2-4-11(13(9)15)14(18)16-7-12(17)10-5-6-19-8-10/h2-6,8,12,17H,7H2,1H3,(H,16,18). The second-order valence-corrected chi connectivity index (χ2v) is 5.79. The molecule has 0 aliphatic heterocycles. The molecule has 0 aliphatic carbocycles. The van der Waals surface area contributed by atoms with E-state index in [1.165, 1.54) is 11.3 Å². The van der Waals surface area contributed by atoms with Crippen molar-refractivity contribution in [2.45, 2.75) is 13.0 Å². The molecule has 0 spiro atoms. The molecule has 19 heavy (non-hydrogen) atoms. The van der Waals surface area contributed by atoms with Gasteiger partial charge >= 0.3 is 0 Å². The molecule has 2 aromatic rings. The fourth-order valence-corrected chi connectivity index (χ4v) is 2.84. The highest BCUT2D eigenvalue weighted by Crippen LogP contribution is 2.21. The number of rotatable bonds is 4. The molecular weight excluding hydrogens is 326 g/mol. The van der Waals surface area contributed by atoms with Crippen LogP contribution in [0.2, 0.25) is 0 Å². The maximum atomic E-state index is 12.0. The molecule has 1 atom stereocenters. The lowest BCUT2D eigenvalue weighted by atomic mass is 10.1. The summed E-state index contributed by atoms with van der Waals surface area (Å²) in [5, 5.41) is 16.4. The van der Waals surface area contributed by atoms with E-state index in [1.807, 2.05) is 35.9 Å². The molecule has 1 unspecified atom stereocenters. The lowest BCUT2D eigenvalue weighted by Crippen LogP contribution is -2.28. The summed E-state index contributed by atoms with van der Waals surface area (Å²) in [7, 11) is 0. The van der Waals surface area contributed by atoms with Crippen LogP contribution < -0.4 is 5.32 Å². The second kappa shape index (κ2) is 6.32. The predicted molar refractivity (Wildman–Crippen MR) is 80.5 cm³/mol. The highest BCUT2D eigenvalue weighted by Gasteiger charge is 2.13. The summed E-state index contributed by atoms with van der Waals surface area (Å²) < 4.78 is 0.789. The Kier molecular flexibility index (Phi) is 4.74. The van der Waals surface area contributed by atoms with E-state index in [4.69, 9.17) is 0 Å². The first kappa shape index (κ1) is 14.2.